The molecular weight excluding hydrogens is 660 g/mol. The summed E-state index contributed by atoms with van der Waals surface area (Å²) in [7, 11) is 1.70. The van der Waals surface area contributed by atoms with E-state index in [1.807, 2.05) is 51.1 Å². The Bertz CT molecular complexity index is 1470. The fourth-order valence-corrected chi connectivity index (χ4v) is 7.95. The molecule has 0 radical (unpaired) electrons. The molecule has 12 nitrogen and oxygen atoms in total. The summed E-state index contributed by atoms with van der Waals surface area (Å²) < 4.78 is 0. The van der Waals surface area contributed by atoms with E-state index in [0.717, 1.165) is 37.7 Å². The van der Waals surface area contributed by atoms with E-state index in [9.17, 15) is 28.8 Å². The number of hydrogen-bond acceptors (Lipinski definition) is 6. The summed E-state index contributed by atoms with van der Waals surface area (Å²) >= 11 is 0. The van der Waals surface area contributed by atoms with Crippen LogP contribution >= 0.6 is 0 Å². The van der Waals surface area contributed by atoms with E-state index in [0.29, 0.717) is 25.9 Å². The topological polar surface area (TPSA) is 157 Å². The molecule has 12 heteroatoms. The number of nitrogens with zero attached hydrogens (tertiary/aromatic N) is 2. The van der Waals surface area contributed by atoms with Crippen molar-refractivity contribution in [1.82, 2.24) is 31.1 Å². The second-order valence-corrected chi connectivity index (χ2v) is 16.5. The number of benzene rings is 1. The maximum Gasteiger partial charge on any atom is 0.315 e. The minimum Gasteiger partial charge on any atom is -0.349 e. The van der Waals surface area contributed by atoms with E-state index in [2.05, 4.69) is 41.7 Å². The predicted octanol–water partition coefficient (Wildman–Crippen LogP) is 3.74. The summed E-state index contributed by atoms with van der Waals surface area (Å²) in [6.07, 6.45) is 7.48. The molecule has 1 heterocycles. The average Bonchev–Trinajstić information content (AvgIpc) is 3.40. The van der Waals surface area contributed by atoms with Gasteiger partial charge in [0.05, 0.1) is 6.04 Å². The van der Waals surface area contributed by atoms with Crippen LogP contribution in [-0.2, 0) is 30.4 Å². The number of ketones is 1. The maximum absolute atomic E-state index is 14.4. The lowest BCUT2D eigenvalue weighted by Gasteiger charge is -2.37. The number of carbonyl (C=O) groups excluding carboxylic acids is 6. The van der Waals surface area contributed by atoms with Crippen LogP contribution in [0.15, 0.2) is 43.0 Å². The summed E-state index contributed by atoms with van der Waals surface area (Å²) in [5, 5.41) is 11.3. The Balaban J connectivity index is 1.41. The fraction of sp³-hybridized carbons (Fsp3) is 0.650. The van der Waals surface area contributed by atoms with Gasteiger partial charge in [-0.1, -0.05) is 69.5 Å². The molecule has 1 aromatic carbocycles. The Kier molecular flexibility index (Phi) is 13.7. The monoisotopic (exact) mass is 720 g/mol. The molecule has 1 unspecified atom stereocenters. The number of fused-ring (bicyclic) bond motifs is 1. The van der Waals surface area contributed by atoms with Gasteiger partial charge in [0.15, 0.2) is 0 Å². The zero-order valence-corrected chi connectivity index (χ0v) is 32.0. The van der Waals surface area contributed by atoms with Crippen molar-refractivity contribution in [3.8, 4) is 0 Å². The van der Waals surface area contributed by atoms with Crippen LogP contribution in [0.5, 0.6) is 0 Å². The number of likely N-dealkylation sites (N-methyl/N-ethyl adjacent to an activating group) is 1. The molecule has 4 rings (SSSR count). The first kappa shape index (κ1) is 40.5. The largest absolute Gasteiger partial charge is 0.349 e. The lowest BCUT2D eigenvalue weighted by atomic mass is 9.83. The van der Waals surface area contributed by atoms with Gasteiger partial charge in [-0.15, -0.1) is 6.58 Å². The highest BCUT2D eigenvalue weighted by Crippen LogP contribution is 2.65. The summed E-state index contributed by atoms with van der Waals surface area (Å²) in [6.45, 7) is 14.4. The summed E-state index contributed by atoms with van der Waals surface area (Å²) in [4.78, 5) is 84.0. The van der Waals surface area contributed by atoms with Crippen molar-refractivity contribution >= 4 is 35.4 Å². The molecule has 2 saturated carbocycles. The zero-order chi connectivity index (χ0) is 38.2. The molecule has 0 aromatic heterocycles. The standard InChI is InChI=1S/C40H60N6O6/c1-8-9-20-29(34(48)36(50)41-23-21-30(47)45(7)24-22-26-16-12-10-13-17-26)42-35(49)33-31-28(40(31,5)6)25-46(33)37(51)32(27-18-14-11-15-19-27)43-38(52)44-39(2,3)4/h8,10,12-13,16-17,27-29,31-33H,1,9,11,14-15,18-25H2,2-7H3,(H,41,50)(H,42,49)(H2,43,44,52)/t28-,29?,31-,32-,33-/m0/s1. The molecule has 5 atom stereocenters. The van der Waals surface area contributed by atoms with Crippen LogP contribution in [0.2, 0.25) is 0 Å². The SMILES string of the molecule is C=CCCC(NC(=O)[C@@H]1[C@@H]2[C@H](CN1C(=O)[C@@H](NC(=O)NC(C)(C)C)C1CCCCC1)C2(C)C)C(=O)C(=O)NCCC(=O)N(C)CCc1ccccc1. The lowest BCUT2D eigenvalue weighted by Crippen LogP contribution is -2.61. The lowest BCUT2D eigenvalue weighted by molar-refractivity contribution is -0.145. The van der Waals surface area contributed by atoms with E-state index < -0.39 is 47.3 Å². The van der Waals surface area contributed by atoms with Crippen LogP contribution < -0.4 is 21.3 Å². The molecule has 1 saturated heterocycles. The van der Waals surface area contributed by atoms with Gasteiger partial charge in [-0.25, -0.2) is 4.79 Å². The van der Waals surface area contributed by atoms with E-state index in [-0.39, 0.29) is 54.4 Å². The average molecular weight is 721 g/mol. The molecule has 1 aliphatic heterocycles. The van der Waals surface area contributed by atoms with Crippen molar-refractivity contribution in [2.45, 2.75) is 116 Å². The van der Waals surface area contributed by atoms with Crippen molar-refractivity contribution in [1.29, 1.82) is 0 Å². The molecule has 6 amide bonds. The van der Waals surface area contributed by atoms with Crippen LogP contribution in [-0.4, -0.2) is 95.6 Å². The molecule has 3 aliphatic rings. The van der Waals surface area contributed by atoms with Crippen molar-refractivity contribution < 1.29 is 28.8 Å². The van der Waals surface area contributed by atoms with Crippen molar-refractivity contribution in [3.05, 3.63) is 48.6 Å². The molecule has 1 aromatic rings. The number of hydrogen-bond donors (Lipinski definition) is 4. The first-order valence-electron chi connectivity index (χ1n) is 19.0. The van der Waals surface area contributed by atoms with Gasteiger partial charge < -0.3 is 31.1 Å². The van der Waals surface area contributed by atoms with Crippen LogP contribution in [0.4, 0.5) is 4.79 Å². The number of likely N-dealkylation sites (tertiary alicyclic amines) is 1. The van der Waals surface area contributed by atoms with Gasteiger partial charge in [-0.3, -0.25) is 24.0 Å². The number of urea groups is 1. The highest BCUT2D eigenvalue weighted by Gasteiger charge is 2.69. The van der Waals surface area contributed by atoms with Gasteiger partial charge in [-0.2, -0.15) is 0 Å². The number of nitrogens with one attached hydrogen (secondary N) is 4. The maximum atomic E-state index is 14.4. The Morgan fingerprint density at radius 2 is 1.69 bits per heavy atom. The van der Waals surface area contributed by atoms with Crippen molar-refractivity contribution in [2.75, 3.05) is 26.7 Å². The van der Waals surface area contributed by atoms with Crippen LogP contribution in [0.25, 0.3) is 0 Å². The number of rotatable bonds is 16. The third kappa shape index (κ3) is 10.4. The first-order valence-corrected chi connectivity index (χ1v) is 19.0. The Labute approximate surface area is 309 Å². The minimum absolute atomic E-state index is 0.0231. The van der Waals surface area contributed by atoms with Gasteiger partial charge >= 0.3 is 6.03 Å². The number of carbonyl (C=O) groups is 6. The van der Waals surface area contributed by atoms with Gasteiger partial charge in [0.2, 0.25) is 23.5 Å². The Morgan fingerprint density at radius 1 is 1.02 bits per heavy atom. The number of allylic oxidation sites excluding steroid dienone is 1. The third-order valence-electron chi connectivity index (χ3n) is 11.1. The van der Waals surface area contributed by atoms with Crippen molar-refractivity contribution in [2.24, 2.45) is 23.2 Å². The molecule has 0 bridgehead atoms. The number of Topliss-reactive ketones (excluding diaryl/α,β-unsaturated/α-hetero) is 1. The number of piperidine rings is 1. The molecule has 2 aliphatic carbocycles. The van der Waals surface area contributed by atoms with E-state index >= 15 is 0 Å². The van der Waals surface area contributed by atoms with E-state index in [4.69, 9.17) is 0 Å². The minimum atomic E-state index is -1.14. The quantitative estimate of drug-likeness (QED) is 0.151. The number of amides is 6. The third-order valence-corrected chi connectivity index (χ3v) is 11.1. The van der Waals surface area contributed by atoms with Gasteiger partial charge in [-0.05, 0) is 81.6 Å². The first-order chi connectivity index (χ1) is 24.5. The molecule has 286 valence electrons. The highest BCUT2D eigenvalue weighted by atomic mass is 16.2. The summed E-state index contributed by atoms with van der Waals surface area (Å²) in [5.74, 6) is -2.72. The molecule has 4 N–H and O–H groups in total. The highest BCUT2D eigenvalue weighted by molar-refractivity contribution is 6.38. The van der Waals surface area contributed by atoms with Crippen molar-refractivity contribution in [3.63, 3.8) is 0 Å². The molecule has 0 spiro atoms. The fourth-order valence-electron chi connectivity index (χ4n) is 7.95. The van der Waals surface area contributed by atoms with E-state index in [1.54, 1.807) is 22.9 Å². The molecule has 3 fully saturated rings. The second-order valence-electron chi connectivity index (χ2n) is 16.5. The summed E-state index contributed by atoms with van der Waals surface area (Å²) in [6, 6.07) is 6.62. The molecular formula is C40H60N6O6. The van der Waals surface area contributed by atoms with E-state index in [1.165, 1.54) is 0 Å². The van der Waals surface area contributed by atoms with Crippen LogP contribution in [0.1, 0.15) is 91.5 Å². The van der Waals surface area contributed by atoms with Crippen LogP contribution in [0, 0.1) is 23.2 Å². The molecule has 52 heavy (non-hydrogen) atoms. The Morgan fingerprint density at radius 3 is 2.33 bits per heavy atom. The van der Waals surface area contributed by atoms with Gasteiger partial charge in [0.25, 0.3) is 5.91 Å². The Hall–Kier alpha value is -4.22. The van der Waals surface area contributed by atoms with Crippen LogP contribution in [0.3, 0.4) is 0 Å². The smallest absolute Gasteiger partial charge is 0.315 e. The summed E-state index contributed by atoms with van der Waals surface area (Å²) in [5.41, 5.74) is 0.429. The van der Waals surface area contributed by atoms with Gasteiger partial charge in [0.1, 0.15) is 12.1 Å². The normalized spacial score (nSPS) is 21.9. The van der Waals surface area contributed by atoms with Gasteiger partial charge in [0, 0.05) is 38.6 Å². The predicted molar refractivity (Wildman–Crippen MR) is 200 cm³/mol. The zero-order valence-electron chi connectivity index (χ0n) is 32.0. The second kappa shape index (κ2) is 17.5.